The molecule has 2 aromatic carbocycles. The third kappa shape index (κ3) is 4.05. The van der Waals surface area contributed by atoms with Crippen LogP contribution >= 0.6 is 15.9 Å². The molecular weight excluding hydrogens is 374 g/mol. The molecule has 0 saturated carbocycles. The summed E-state index contributed by atoms with van der Waals surface area (Å²) < 4.78 is 11.5. The van der Waals surface area contributed by atoms with Crippen LogP contribution in [0.4, 0.5) is 5.69 Å². The summed E-state index contributed by atoms with van der Waals surface area (Å²) in [5.41, 5.74) is 4.19. The summed E-state index contributed by atoms with van der Waals surface area (Å²) >= 11 is 3.37. The molecule has 7 heteroatoms. The number of fused-ring (bicyclic) bond motifs is 1. The Bertz CT molecular complexity index is 762. The number of amides is 1. The zero-order valence-electron chi connectivity index (χ0n) is 13.0. The summed E-state index contributed by atoms with van der Waals surface area (Å²) in [5, 5.41) is 7.08. The van der Waals surface area contributed by atoms with Crippen molar-refractivity contribution >= 4 is 33.7 Å². The van der Waals surface area contributed by atoms with Gasteiger partial charge in [0.05, 0.1) is 6.21 Å². The van der Waals surface area contributed by atoms with Crippen molar-refractivity contribution < 1.29 is 14.3 Å². The number of halogens is 1. The fraction of sp³-hybridized carbons (Fsp3) is 0.176. The molecule has 1 atom stereocenters. The Morgan fingerprint density at radius 2 is 1.96 bits per heavy atom. The highest BCUT2D eigenvalue weighted by Gasteiger charge is 2.13. The van der Waals surface area contributed by atoms with Crippen molar-refractivity contribution in [3.8, 4) is 11.5 Å². The van der Waals surface area contributed by atoms with Crippen molar-refractivity contribution in [2.24, 2.45) is 5.10 Å². The highest BCUT2D eigenvalue weighted by Crippen LogP contribution is 2.31. The molecule has 0 fully saturated rings. The van der Waals surface area contributed by atoms with Crippen LogP contribution in [0.15, 0.2) is 52.0 Å². The molecule has 1 aliphatic rings. The van der Waals surface area contributed by atoms with Crippen LogP contribution in [0.5, 0.6) is 11.5 Å². The molecule has 1 aliphatic heterocycles. The number of anilines is 1. The molecule has 1 amide bonds. The predicted octanol–water partition coefficient (Wildman–Crippen LogP) is 3.13. The lowest BCUT2D eigenvalue weighted by atomic mass is 10.2. The smallest absolute Gasteiger partial charge is 0.262 e. The van der Waals surface area contributed by atoms with Gasteiger partial charge in [0.25, 0.3) is 5.91 Å². The molecule has 2 N–H and O–H groups in total. The van der Waals surface area contributed by atoms with Gasteiger partial charge in [-0.05, 0) is 55.0 Å². The summed E-state index contributed by atoms with van der Waals surface area (Å²) in [4.78, 5) is 12.1. The summed E-state index contributed by atoms with van der Waals surface area (Å²) in [5.74, 6) is 1.16. The van der Waals surface area contributed by atoms with Gasteiger partial charge in [-0.1, -0.05) is 15.9 Å². The molecular formula is C17H16BrN3O3. The molecule has 124 valence electrons. The third-order valence-corrected chi connectivity index (χ3v) is 3.93. The fourth-order valence-corrected chi connectivity index (χ4v) is 2.39. The molecule has 3 rings (SSSR count). The molecule has 0 radical (unpaired) electrons. The second kappa shape index (κ2) is 7.35. The molecule has 2 aromatic rings. The zero-order chi connectivity index (χ0) is 16.9. The Balaban J connectivity index is 1.53. The number of carbonyl (C=O) groups is 1. The number of ether oxygens (including phenoxy) is 2. The Labute approximate surface area is 148 Å². The lowest BCUT2D eigenvalue weighted by Crippen LogP contribution is -2.34. The van der Waals surface area contributed by atoms with Gasteiger partial charge in [0.15, 0.2) is 11.5 Å². The molecule has 24 heavy (non-hydrogen) atoms. The molecule has 0 aromatic heterocycles. The van der Waals surface area contributed by atoms with E-state index in [1.807, 2.05) is 42.5 Å². The highest BCUT2D eigenvalue weighted by atomic mass is 79.9. The Morgan fingerprint density at radius 3 is 2.75 bits per heavy atom. The topological polar surface area (TPSA) is 72.0 Å². The minimum absolute atomic E-state index is 0.227. The summed E-state index contributed by atoms with van der Waals surface area (Å²) in [6, 6.07) is 12.6. The quantitative estimate of drug-likeness (QED) is 0.608. The molecule has 0 spiro atoms. The first kappa shape index (κ1) is 16.3. The van der Waals surface area contributed by atoms with E-state index in [0.717, 1.165) is 15.7 Å². The number of nitrogens with one attached hydrogen (secondary N) is 2. The highest BCUT2D eigenvalue weighted by molar-refractivity contribution is 9.10. The third-order valence-electron chi connectivity index (χ3n) is 3.41. The van der Waals surface area contributed by atoms with Crippen LogP contribution in [0.2, 0.25) is 0 Å². The Kier molecular flexibility index (Phi) is 5.00. The lowest BCUT2D eigenvalue weighted by Gasteiger charge is -2.13. The fourth-order valence-electron chi connectivity index (χ4n) is 2.12. The maximum Gasteiger partial charge on any atom is 0.262 e. The predicted molar refractivity (Wildman–Crippen MR) is 95.5 cm³/mol. The summed E-state index contributed by atoms with van der Waals surface area (Å²) in [6.45, 7) is 2.00. The van der Waals surface area contributed by atoms with E-state index in [1.54, 1.807) is 13.1 Å². The Hall–Kier alpha value is -2.54. The SMILES string of the molecule is C[C@H](Nc1ccc(Br)cc1)C(=O)N/N=C\c1ccc2c(c1)OCO2. The number of carbonyl (C=O) groups excluding carboxylic acids is 1. The standard InChI is InChI=1S/C17H16BrN3O3/c1-11(20-14-5-3-13(18)4-6-14)17(22)21-19-9-12-2-7-15-16(8-12)24-10-23-15/h2-9,11,20H,10H2,1H3,(H,21,22)/b19-9-/t11-/m0/s1. The first-order chi connectivity index (χ1) is 11.6. The van der Waals surface area contributed by atoms with Crippen molar-refractivity contribution in [3.05, 3.63) is 52.5 Å². The monoisotopic (exact) mass is 389 g/mol. The number of hydrogen-bond acceptors (Lipinski definition) is 5. The van der Waals surface area contributed by atoms with Gasteiger partial charge >= 0.3 is 0 Å². The number of hydrazone groups is 1. The van der Waals surface area contributed by atoms with E-state index in [2.05, 4.69) is 31.8 Å². The summed E-state index contributed by atoms with van der Waals surface area (Å²) in [6.07, 6.45) is 1.56. The summed E-state index contributed by atoms with van der Waals surface area (Å²) in [7, 11) is 0. The average Bonchev–Trinajstić information content (AvgIpc) is 3.04. The number of hydrogen-bond donors (Lipinski definition) is 2. The second-order valence-corrected chi connectivity index (χ2v) is 6.14. The van der Waals surface area contributed by atoms with Crippen LogP contribution in [0.25, 0.3) is 0 Å². The van der Waals surface area contributed by atoms with E-state index in [0.29, 0.717) is 11.5 Å². The van der Waals surface area contributed by atoms with Gasteiger partial charge in [0, 0.05) is 10.2 Å². The normalized spacial score (nSPS) is 13.8. The van der Waals surface area contributed by atoms with Crippen LogP contribution in [0.1, 0.15) is 12.5 Å². The van der Waals surface area contributed by atoms with E-state index >= 15 is 0 Å². The van der Waals surface area contributed by atoms with E-state index in [-0.39, 0.29) is 12.7 Å². The minimum atomic E-state index is -0.417. The van der Waals surface area contributed by atoms with Gasteiger partial charge in [0.2, 0.25) is 6.79 Å². The molecule has 0 aliphatic carbocycles. The molecule has 0 bridgehead atoms. The van der Waals surface area contributed by atoms with Crippen LogP contribution in [0, 0.1) is 0 Å². The van der Waals surface area contributed by atoms with Crippen LogP contribution in [-0.4, -0.2) is 25.0 Å². The number of rotatable bonds is 5. The number of benzene rings is 2. The van der Waals surface area contributed by atoms with Gasteiger partial charge in [-0.25, -0.2) is 5.43 Å². The first-order valence-corrected chi connectivity index (χ1v) is 8.16. The first-order valence-electron chi connectivity index (χ1n) is 7.36. The zero-order valence-corrected chi connectivity index (χ0v) is 14.5. The molecule has 0 saturated heterocycles. The van der Waals surface area contributed by atoms with E-state index in [9.17, 15) is 4.79 Å². The van der Waals surface area contributed by atoms with Gasteiger partial charge in [-0.3, -0.25) is 4.79 Å². The van der Waals surface area contributed by atoms with Gasteiger partial charge in [-0.15, -0.1) is 0 Å². The van der Waals surface area contributed by atoms with Crippen LogP contribution in [-0.2, 0) is 4.79 Å². The van der Waals surface area contributed by atoms with Crippen LogP contribution < -0.4 is 20.2 Å². The van der Waals surface area contributed by atoms with Crippen molar-refractivity contribution in [2.45, 2.75) is 13.0 Å². The van der Waals surface area contributed by atoms with Gasteiger partial charge in [0.1, 0.15) is 6.04 Å². The van der Waals surface area contributed by atoms with Crippen molar-refractivity contribution in [2.75, 3.05) is 12.1 Å². The lowest BCUT2D eigenvalue weighted by molar-refractivity contribution is -0.121. The van der Waals surface area contributed by atoms with E-state index in [4.69, 9.17) is 9.47 Å². The maximum absolute atomic E-state index is 12.1. The van der Waals surface area contributed by atoms with Crippen molar-refractivity contribution in [1.29, 1.82) is 0 Å². The van der Waals surface area contributed by atoms with Gasteiger partial charge in [-0.2, -0.15) is 5.10 Å². The Morgan fingerprint density at radius 1 is 1.21 bits per heavy atom. The minimum Gasteiger partial charge on any atom is -0.454 e. The maximum atomic E-state index is 12.1. The van der Waals surface area contributed by atoms with Gasteiger partial charge < -0.3 is 14.8 Å². The largest absolute Gasteiger partial charge is 0.454 e. The van der Waals surface area contributed by atoms with E-state index < -0.39 is 6.04 Å². The van der Waals surface area contributed by atoms with E-state index in [1.165, 1.54) is 0 Å². The van der Waals surface area contributed by atoms with Crippen molar-refractivity contribution in [3.63, 3.8) is 0 Å². The second-order valence-electron chi connectivity index (χ2n) is 5.22. The number of nitrogens with zero attached hydrogens (tertiary/aromatic N) is 1. The van der Waals surface area contributed by atoms with Crippen LogP contribution in [0.3, 0.4) is 0 Å². The molecule has 1 heterocycles. The average molecular weight is 390 g/mol. The molecule has 6 nitrogen and oxygen atoms in total. The molecule has 0 unspecified atom stereocenters. The van der Waals surface area contributed by atoms with Crippen molar-refractivity contribution in [1.82, 2.24) is 5.43 Å².